The fourth-order valence-corrected chi connectivity index (χ4v) is 3.02. The van der Waals surface area contributed by atoms with Gasteiger partial charge in [0.15, 0.2) is 11.6 Å². The van der Waals surface area contributed by atoms with Crippen LogP contribution in [0.2, 0.25) is 0 Å². The molecule has 2 amide bonds. The molecular formula is C20H29N5O6. The Balaban J connectivity index is 3.26. The molecule has 1 aromatic carbocycles. The number of hydrogen-bond acceptors (Lipinski definition) is 7. The number of guanidine groups is 1. The quantitative estimate of drug-likeness (QED) is 0.115. The first-order chi connectivity index (χ1) is 14.6. The Labute approximate surface area is 180 Å². The molecule has 0 fully saturated rings. The summed E-state index contributed by atoms with van der Waals surface area (Å²) in [6.07, 6.45) is -0.667. The SMILES string of the molecule is COC(=O)CCC(=O)N(C(C)=O)[C@](CCCN=C(N)N)(NCc1ccccc1)C(=O)O. The predicted octanol–water partition coefficient (Wildman–Crippen LogP) is -0.0610. The number of carboxylic acids is 1. The summed E-state index contributed by atoms with van der Waals surface area (Å²) in [4.78, 5) is 53.6. The fraction of sp³-hybridized carbons (Fsp3) is 0.450. The number of esters is 1. The number of hydrogen-bond donors (Lipinski definition) is 4. The summed E-state index contributed by atoms with van der Waals surface area (Å²) in [5.74, 6) is -3.82. The van der Waals surface area contributed by atoms with Gasteiger partial charge in [-0.05, 0) is 18.4 Å². The van der Waals surface area contributed by atoms with Gasteiger partial charge in [-0.25, -0.2) is 4.79 Å². The number of aliphatic imine (C=N–C) groups is 1. The van der Waals surface area contributed by atoms with Gasteiger partial charge in [-0.15, -0.1) is 0 Å². The number of aliphatic carboxylic acids is 1. The molecule has 11 nitrogen and oxygen atoms in total. The summed E-state index contributed by atoms with van der Waals surface area (Å²) >= 11 is 0. The van der Waals surface area contributed by atoms with Crippen LogP contribution < -0.4 is 16.8 Å². The number of methoxy groups -OCH3 is 1. The van der Waals surface area contributed by atoms with E-state index in [1.54, 1.807) is 30.3 Å². The maximum atomic E-state index is 12.8. The van der Waals surface area contributed by atoms with Crippen LogP contribution in [0.15, 0.2) is 35.3 Å². The summed E-state index contributed by atoms with van der Waals surface area (Å²) in [5.41, 5.74) is 9.31. The second kappa shape index (κ2) is 12.3. The molecule has 170 valence electrons. The minimum atomic E-state index is -2.06. The first-order valence-electron chi connectivity index (χ1n) is 9.62. The lowest BCUT2D eigenvalue weighted by atomic mass is 9.99. The van der Waals surface area contributed by atoms with Gasteiger partial charge in [0, 0.05) is 26.4 Å². The third kappa shape index (κ3) is 7.70. The third-order valence-corrected chi connectivity index (χ3v) is 4.49. The Kier molecular flexibility index (Phi) is 10.1. The molecule has 0 aliphatic carbocycles. The van der Waals surface area contributed by atoms with Gasteiger partial charge in [0.05, 0.1) is 13.5 Å². The van der Waals surface area contributed by atoms with Crippen LogP contribution >= 0.6 is 0 Å². The van der Waals surface area contributed by atoms with Crippen LogP contribution in [0, 0.1) is 0 Å². The van der Waals surface area contributed by atoms with Gasteiger partial charge in [0.25, 0.3) is 0 Å². The molecule has 0 heterocycles. The van der Waals surface area contributed by atoms with E-state index in [9.17, 15) is 24.3 Å². The van der Waals surface area contributed by atoms with E-state index in [-0.39, 0.29) is 44.7 Å². The van der Waals surface area contributed by atoms with Crippen LogP contribution in [0.1, 0.15) is 38.2 Å². The lowest BCUT2D eigenvalue weighted by molar-refractivity contribution is -0.170. The molecule has 0 spiro atoms. The van der Waals surface area contributed by atoms with Crippen LogP contribution in [0.5, 0.6) is 0 Å². The normalized spacial score (nSPS) is 12.3. The van der Waals surface area contributed by atoms with Crippen molar-refractivity contribution in [2.75, 3.05) is 13.7 Å². The van der Waals surface area contributed by atoms with Gasteiger partial charge in [0.1, 0.15) is 0 Å². The lowest BCUT2D eigenvalue weighted by Gasteiger charge is -2.39. The number of carboxylic acid groups (broad SMARTS) is 1. The summed E-state index contributed by atoms with van der Waals surface area (Å²) in [7, 11) is 1.17. The highest BCUT2D eigenvalue weighted by molar-refractivity contribution is 6.00. The zero-order chi connectivity index (χ0) is 23.4. The highest BCUT2D eigenvalue weighted by atomic mass is 16.5. The molecule has 0 aliphatic heterocycles. The van der Waals surface area contributed by atoms with Gasteiger partial charge in [-0.2, -0.15) is 0 Å². The zero-order valence-electron chi connectivity index (χ0n) is 17.7. The summed E-state index contributed by atoms with van der Waals surface area (Å²) in [5, 5.41) is 13.0. The van der Waals surface area contributed by atoms with Crippen LogP contribution in [-0.2, 0) is 30.5 Å². The van der Waals surface area contributed by atoms with Crippen molar-refractivity contribution in [2.24, 2.45) is 16.5 Å². The van der Waals surface area contributed by atoms with E-state index in [4.69, 9.17) is 11.5 Å². The van der Waals surface area contributed by atoms with E-state index in [2.05, 4.69) is 15.0 Å². The molecule has 6 N–H and O–H groups in total. The molecule has 1 aromatic rings. The Morgan fingerprint density at radius 2 is 1.81 bits per heavy atom. The van der Waals surface area contributed by atoms with Gasteiger partial charge in [-0.3, -0.25) is 29.6 Å². The van der Waals surface area contributed by atoms with Crippen molar-refractivity contribution in [3.8, 4) is 0 Å². The smallest absolute Gasteiger partial charge is 0.345 e. The first-order valence-corrected chi connectivity index (χ1v) is 9.62. The molecule has 1 rings (SSSR count). The van der Waals surface area contributed by atoms with Crippen molar-refractivity contribution in [3.05, 3.63) is 35.9 Å². The number of nitrogens with one attached hydrogen (secondary N) is 1. The molecule has 0 aromatic heterocycles. The second-order valence-electron chi connectivity index (χ2n) is 6.74. The van der Waals surface area contributed by atoms with E-state index in [0.717, 1.165) is 12.5 Å². The molecular weight excluding hydrogens is 406 g/mol. The highest BCUT2D eigenvalue weighted by Crippen LogP contribution is 2.23. The van der Waals surface area contributed by atoms with E-state index < -0.39 is 29.4 Å². The molecule has 0 saturated heterocycles. The number of carbonyl (C=O) groups excluding carboxylic acids is 3. The minimum absolute atomic E-state index is 0.0729. The molecule has 31 heavy (non-hydrogen) atoms. The minimum Gasteiger partial charge on any atom is -0.478 e. The summed E-state index contributed by atoms with van der Waals surface area (Å²) in [6.45, 7) is 1.27. The van der Waals surface area contributed by atoms with Gasteiger partial charge in [-0.1, -0.05) is 30.3 Å². The van der Waals surface area contributed by atoms with Gasteiger partial charge >= 0.3 is 11.9 Å². The van der Waals surface area contributed by atoms with E-state index in [1.165, 1.54) is 7.11 Å². The topological polar surface area (TPSA) is 177 Å². The van der Waals surface area contributed by atoms with Crippen LogP contribution in [0.3, 0.4) is 0 Å². The maximum absolute atomic E-state index is 12.8. The number of amides is 2. The standard InChI is InChI=1S/C20H29N5O6/c1-14(26)25(16(27)9-10-17(28)31-2)20(18(29)30,11-6-12-23-19(21)22)24-13-15-7-4-3-5-8-15/h3-5,7-8,24H,6,9-13H2,1-2H3,(H,29,30)(H4,21,22,23)/t20-/m0/s1. The predicted molar refractivity (Wildman–Crippen MR) is 112 cm³/mol. The van der Waals surface area contributed by atoms with E-state index in [1.807, 2.05) is 0 Å². The number of rotatable bonds is 12. The highest BCUT2D eigenvalue weighted by Gasteiger charge is 2.48. The Bertz CT molecular complexity index is 810. The largest absolute Gasteiger partial charge is 0.478 e. The number of imide groups is 1. The number of ether oxygens (including phenoxy) is 1. The van der Waals surface area contributed by atoms with Gasteiger partial charge in [0.2, 0.25) is 11.8 Å². The fourth-order valence-electron chi connectivity index (χ4n) is 3.02. The molecule has 1 atom stereocenters. The van der Waals surface area contributed by atoms with Crippen molar-refractivity contribution >= 4 is 29.7 Å². The number of benzene rings is 1. The second-order valence-corrected chi connectivity index (χ2v) is 6.74. The van der Waals surface area contributed by atoms with Crippen molar-refractivity contribution in [1.82, 2.24) is 10.2 Å². The van der Waals surface area contributed by atoms with Crippen LogP contribution in [0.4, 0.5) is 0 Å². The van der Waals surface area contributed by atoms with Crippen molar-refractivity contribution in [2.45, 2.75) is 44.8 Å². The average Bonchev–Trinajstić information content (AvgIpc) is 2.73. The van der Waals surface area contributed by atoms with Crippen LogP contribution in [0.25, 0.3) is 0 Å². The molecule has 0 radical (unpaired) electrons. The van der Waals surface area contributed by atoms with Crippen molar-refractivity contribution < 1.29 is 29.0 Å². The van der Waals surface area contributed by atoms with Crippen molar-refractivity contribution in [3.63, 3.8) is 0 Å². The number of nitrogens with two attached hydrogens (primary N) is 2. The Morgan fingerprint density at radius 1 is 1.16 bits per heavy atom. The number of nitrogens with zero attached hydrogens (tertiary/aromatic N) is 2. The molecule has 0 unspecified atom stereocenters. The first kappa shape index (κ1) is 25.6. The van der Waals surface area contributed by atoms with Gasteiger partial charge < -0.3 is 21.3 Å². The molecule has 0 aliphatic rings. The molecule has 0 saturated carbocycles. The maximum Gasteiger partial charge on any atom is 0.345 e. The van der Waals surface area contributed by atoms with E-state index in [0.29, 0.717) is 4.90 Å². The molecule has 0 bridgehead atoms. The number of carbonyl (C=O) groups is 4. The zero-order valence-corrected chi connectivity index (χ0v) is 17.7. The average molecular weight is 435 g/mol. The monoisotopic (exact) mass is 435 g/mol. The third-order valence-electron chi connectivity index (χ3n) is 4.49. The summed E-state index contributed by atoms with van der Waals surface area (Å²) < 4.78 is 4.52. The van der Waals surface area contributed by atoms with Crippen molar-refractivity contribution in [1.29, 1.82) is 0 Å². The lowest BCUT2D eigenvalue weighted by Crippen LogP contribution is -2.67. The Hall–Kier alpha value is -3.47. The Morgan fingerprint density at radius 3 is 2.32 bits per heavy atom. The van der Waals surface area contributed by atoms with Crippen LogP contribution in [-0.4, -0.2) is 59.0 Å². The summed E-state index contributed by atoms with van der Waals surface area (Å²) in [6, 6.07) is 8.92. The molecule has 11 heteroatoms. The van der Waals surface area contributed by atoms with E-state index >= 15 is 0 Å².